The van der Waals surface area contributed by atoms with E-state index in [1.807, 2.05) is 20.9 Å². The van der Waals surface area contributed by atoms with E-state index in [9.17, 15) is 14.4 Å². The molecule has 7 nitrogen and oxygen atoms in total. The van der Waals surface area contributed by atoms with Gasteiger partial charge >= 0.3 is 0 Å². The maximum Gasteiger partial charge on any atom is 0.255 e. The van der Waals surface area contributed by atoms with Gasteiger partial charge in [0.05, 0.1) is 23.8 Å². The van der Waals surface area contributed by atoms with Crippen LogP contribution in [0.4, 0.5) is 5.69 Å². The summed E-state index contributed by atoms with van der Waals surface area (Å²) in [6.45, 7) is 3.49. The maximum atomic E-state index is 13.0. The molecular formula is C21H32N4O3. The summed E-state index contributed by atoms with van der Waals surface area (Å²) in [5, 5.41) is 5.27. The first-order valence-electron chi connectivity index (χ1n) is 10.0. The van der Waals surface area contributed by atoms with Gasteiger partial charge in [-0.15, -0.1) is 0 Å². The number of nitrogens with one attached hydrogen (secondary N) is 2. The Labute approximate surface area is 167 Å². The van der Waals surface area contributed by atoms with Gasteiger partial charge in [-0.25, -0.2) is 0 Å². The number of benzene rings is 1. The Bertz CT molecular complexity index is 699. The van der Waals surface area contributed by atoms with E-state index in [0.717, 1.165) is 25.7 Å². The highest BCUT2D eigenvalue weighted by Crippen LogP contribution is 2.25. The third kappa shape index (κ3) is 5.79. The molecule has 0 radical (unpaired) electrons. The van der Waals surface area contributed by atoms with Crippen LogP contribution in [-0.4, -0.2) is 48.3 Å². The van der Waals surface area contributed by atoms with Crippen LogP contribution in [0.25, 0.3) is 0 Å². The minimum Gasteiger partial charge on any atom is -0.346 e. The van der Waals surface area contributed by atoms with Crippen LogP contribution in [0, 0.1) is 5.92 Å². The van der Waals surface area contributed by atoms with Gasteiger partial charge in [-0.05, 0) is 30.9 Å². The molecule has 1 aromatic carbocycles. The molecule has 0 bridgehead atoms. The van der Waals surface area contributed by atoms with Crippen molar-refractivity contribution in [2.45, 2.75) is 58.0 Å². The van der Waals surface area contributed by atoms with Crippen LogP contribution in [0.15, 0.2) is 24.3 Å². The van der Waals surface area contributed by atoms with Gasteiger partial charge in [-0.3, -0.25) is 14.4 Å². The lowest BCUT2D eigenvalue weighted by molar-refractivity contribution is -0.125. The van der Waals surface area contributed by atoms with Crippen LogP contribution in [-0.2, 0) is 9.59 Å². The van der Waals surface area contributed by atoms with Gasteiger partial charge in [0.25, 0.3) is 5.91 Å². The molecule has 154 valence electrons. The van der Waals surface area contributed by atoms with Crippen molar-refractivity contribution in [2.75, 3.05) is 18.9 Å². The molecule has 0 heterocycles. The Balaban J connectivity index is 2.00. The zero-order valence-corrected chi connectivity index (χ0v) is 17.0. The molecular weight excluding hydrogens is 356 g/mol. The molecule has 1 saturated carbocycles. The Morgan fingerprint density at radius 2 is 1.79 bits per heavy atom. The van der Waals surface area contributed by atoms with Gasteiger partial charge in [0, 0.05) is 13.1 Å². The van der Waals surface area contributed by atoms with Gasteiger partial charge in [-0.1, -0.05) is 45.2 Å². The van der Waals surface area contributed by atoms with E-state index < -0.39 is 11.9 Å². The summed E-state index contributed by atoms with van der Waals surface area (Å²) in [5.41, 5.74) is 6.67. The quantitative estimate of drug-likeness (QED) is 0.665. The van der Waals surface area contributed by atoms with Crippen molar-refractivity contribution >= 4 is 23.4 Å². The summed E-state index contributed by atoms with van der Waals surface area (Å²) in [6, 6.07) is 6.53. The van der Waals surface area contributed by atoms with Crippen LogP contribution in [0.2, 0.25) is 0 Å². The number of anilines is 1. The number of hydrogen-bond donors (Lipinski definition) is 3. The van der Waals surface area contributed by atoms with Crippen LogP contribution in [0.1, 0.15) is 56.3 Å². The number of rotatable bonds is 7. The molecule has 28 heavy (non-hydrogen) atoms. The lowest BCUT2D eigenvalue weighted by Gasteiger charge is -2.31. The molecule has 0 aliphatic heterocycles. The molecule has 0 saturated heterocycles. The Morgan fingerprint density at radius 1 is 1.14 bits per heavy atom. The number of carbonyl (C=O) groups excluding carboxylic acids is 3. The van der Waals surface area contributed by atoms with Crippen molar-refractivity contribution in [3.63, 3.8) is 0 Å². The minimum absolute atomic E-state index is 0.0169. The number of carbonyl (C=O) groups is 3. The summed E-state index contributed by atoms with van der Waals surface area (Å²) in [7, 11) is 1.82. The van der Waals surface area contributed by atoms with E-state index in [4.69, 9.17) is 5.73 Å². The second kappa shape index (κ2) is 10.2. The smallest absolute Gasteiger partial charge is 0.255 e. The normalized spacial score (nSPS) is 15.8. The predicted octanol–water partition coefficient (Wildman–Crippen LogP) is 2.13. The Kier molecular flexibility index (Phi) is 7.99. The lowest BCUT2D eigenvalue weighted by Crippen LogP contribution is -2.46. The van der Waals surface area contributed by atoms with Gasteiger partial charge in [0.1, 0.15) is 0 Å². The van der Waals surface area contributed by atoms with E-state index >= 15 is 0 Å². The van der Waals surface area contributed by atoms with Crippen molar-refractivity contribution in [1.82, 2.24) is 10.2 Å². The molecule has 1 atom stereocenters. The monoisotopic (exact) mass is 388 g/mol. The SMILES string of the molecule is CC(C)[C@H](N)C(=O)NCC(=O)Nc1ccccc1C(=O)N(C)C1CCCCC1. The Hall–Kier alpha value is -2.41. The third-order valence-electron chi connectivity index (χ3n) is 5.32. The average molecular weight is 389 g/mol. The number of nitrogens with zero attached hydrogens (tertiary/aromatic N) is 1. The first-order valence-corrected chi connectivity index (χ1v) is 10.0. The van der Waals surface area contributed by atoms with E-state index in [0.29, 0.717) is 11.3 Å². The zero-order valence-electron chi connectivity index (χ0n) is 17.0. The highest BCUT2D eigenvalue weighted by Gasteiger charge is 2.25. The maximum absolute atomic E-state index is 13.0. The summed E-state index contributed by atoms with van der Waals surface area (Å²) in [4.78, 5) is 38.9. The molecule has 7 heteroatoms. The van der Waals surface area contributed by atoms with Crippen LogP contribution in [0.5, 0.6) is 0 Å². The third-order valence-corrected chi connectivity index (χ3v) is 5.32. The molecule has 1 aliphatic rings. The number of hydrogen-bond acceptors (Lipinski definition) is 4. The fraction of sp³-hybridized carbons (Fsp3) is 0.571. The molecule has 0 aromatic heterocycles. The largest absolute Gasteiger partial charge is 0.346 e. The summed E-state index contributed by atoms with van der Waals surface area (Å²) in [6.07, 6.45) is 5.52. The number of nitrogens with two attached hydrogens (primary N) is 1. The van der Waals surface area contributed by atoms with E-state index in [-0.39, 0.29) is 30.3 Å². The van der Waals surface area contributed by atoms with Crippen LogP contribution < -0.4 is 16.4 Å². The molecule has 1 aliphatic carbocycles. The molecule has 0 unspecified atom stereocenters. The number of amides is 3. The fourth-order valence-electron chi connectivity index (χ4n) is 3.39. The molecule has 1 aromatic rings. The van der Waals surface area contributed by atoms with E-state index in [1.54, 1.807) is 29.2 Å². The molecule has 2 rings (SSSR count). The van der Waals surface area contributed by atoms with Gasteiger partial charge in [0.2, 0.25) is 11.8 Å². The lowest BCUT2D eigenvalue weighted by atomic mass is 9.94. The second-order valence-corrected chi connectivity index (χ2v) is 7.79. The highest BCUT2D eigenvalue weighted by molar-refractivity contribution is 6.04. The molecule has 3 amide bonds. The van der Waals surface area contributed by atoms with E-state index in [2.05, 4.69) is 10.6 Å². The minimum atomic E-state index is -0.661. The first kappa shape index (κ1) is 21.9. The zero-order chi connectivity index (χ0) is 20.7. The summed E-state index contributed by atoms with van der Waals surface area (Å²) in [5.74, 6) is -0.887. The standard InChI is InChI=1S/C21H32N4O3/c1-14(2)19(22)20(27)23-13-18(26)24-17-12-8-7-11-16(17)21(28)25(3)15-9-5-4-6-10-15/h7-8,11-12,14-15,19H,4-6,9-10,13,22H2,1-3H3,(H,23,27)(H,24,26)/t19-/m0/s1. The second-order valence-electron chi connectivity index (χ2n) is 7.79. The van der Waals surface area contributed by atoms with Crippen molar-refractivity contribution in [3.8, 4) is 0 Å². The summed E-state index contributed by atoms with van der Waals surface area (Å²) >= 11 is 0. The average Bonchev–Trinajstić information content (AvgIpc) is 2.71. The van der Waals surface area contributed by atoms with Crippen LogP contribution in [0.3, 0.4) is 0 Å². The van der Waals surface area contributed by atoms with Crippen LogP contribution >= 0.6 is 0 Å². The molecule has 0 spiro atoms. The highest BCUT2D eigenvalue weighted by atomic mass is 16.2. The topological polar surface area (TPSA) is 105 Å². The molecule has 4 N–H and O–H groups in total. The van der Waals surface area contributed by atoms with Crippen molar-refractivity contribution < 1.29 is 14.4 Å². The van der Waals surface area contributed by atoms with Crippen molar-refractivity contribution in [2.24, 2.45) is 11.7 Å². The van der Waals surface area contributed by atoms with E-state index in [1.165, 1.54) is 6.42 Å². The fourth-order valence-corrected chi connectivity index (χ4v) is 3.39. The molecule has 1 fully saturated rings. The first-order chi connectivity index (χ1) is 13.3. The van der Waals surface area contributed by atoms with Crippen molar-refractivity contribution in [1.29, 1.82) is 0 Å². The summed E-state index contributed by atoms with van der Waals surface area (Å²) < 4.78 is 0. The van der Waals surface area contributed by atoms with Gasteiger partial charge in [-0.2, -0.15) is 0 Å². The van der Waals surface area contributed by atoms with Crippen molar-refractivity contribution in [3.05, 3.63) is 29.8 Å². The Morgan fingerprint density at radius 3 is 2.43 bits per heavy atom. The van der Waals surface area contributed by atoms with Gasteiger partial charge < -0.3 is 21.3 Å². The predicted molar refractivity (Wildman–Crippen MR) is 110 cm³/mol. The number of para-hydroxylation sites is 1. The van der Waals surface area contributed by atoms with Gasteiger partial charge in [0.15, 0.2) is 0 Å².